The van der Waals surface area contributed by atoms with Crippen molar-refractivity contribution in [3.8, 4) is 11.3 Å². The van der Waals surface area contributed by atoms with Crippen molar-refractivity contribution < 1.29 is 4.79 Å². The van der Waals surface area contributed by atoms with Gasteiger partial charge in [0.1, 0.15) is 11.9 Å². The monoisotopic (exact) mass is 323 g/mol. The Morgan fingerprint density at radius 2 is 2.08 bits per heavy atom. The van der Waals surface area contributed by atoms with Crippen LogP contribution < -0.4 is 0 Å². The number of hydrogen-bond acceptors (Lipinski definition) is 4. The number of likely N-dealkylation sites (tertiary alicyclic amines) is 1. The van der Waals surface area contributed by atoms with E-state index in [0.717, 1.165) is 41.5 Å². The number of aldehydes is 1. The van der Waals surface area contributed by atoms with Gasteiger partial charge >= 0.3 is 0 Å². The number of aromatic amines is 1. The van der Waals surface area contributed by atoms with E-state index in [1.54, 1.807) is 6.20 Å². The minimum atomic E-state index is 0.216. The normalized spacial score (nSPS) is 17.2. The largest absolute Gasteiger partial charge is 0.360 e. The molecule has 0 aliphatic carbocycles. The van der Waals surface area contributed by atoms with E-state index < -0.39 is 0 Å². The van der Waals surface area contributed by atoms with Gasteiger partial charge in [0, 0.05) is 41.3 Å². The van der Waals surface area contributed by atoms with Gasteiger partial charge < -0.3 is 4.98 Å². The summed E-state index contributed by atoms with van der Waals surface area (Å²) >= 11 is 0. The molecule has 2 aromatic heterocycles. The fraction of sp³-hybridized carbons (Fsp3) is 0.389. The molecule has 1 saturated heterocycles. The van der Waals surface area contributed by atoms with Crippen LogP contribution in [0.1, 0.15) is 42.7 Å². The number of nitrogens with one attached hydrogen (secondary N) is 1. The second-order valence-electron chi connectivity index (χ2n) is 6.43. The highest BCUT2D eigenvalue weighted by Gasteiger charge is 2.19. The topological polar surface area (TPSA) is 66.8 Å². The van der Waals surface area contributed by atoms with E-state index in [2.05, 4.69) is 27.1 Å². The zero-order chi connectivity index (χ0) is 16.5. The van der Waals surface area contributed by atoms with Crippen LogP contribution in [0.5, 0.6) is 0 Å². The third kappa shape index (κ3) is 2.63. The Kier molecular flexibility index (Phi) is 3.90. The quantitative estimate of drug-likeness (QED) is 0.749. The molecular weight excluding hydrogens is 302 g/mol. The molecule has 24 heavy (non-hydrogen) atoms. The average Bonchev–Trinajstić information content (AvgIpc) is 3.28. The lowest BCUT2D eigenvalue weighted by atomic mass is 10.1. The highest BCUT2D eigenvalue weighted by atomic mass is 16.1. The predicted octanol–water partition coefficient (Wildman–Crippen LogP) is 3.24. The number of fused-ring (bicyclic) bond motifs is 1. The van der Waals surface area contributed by atoms with Crippen LogP contribution in [-0.2, 0) is 0 Å². The van der Waals surface area contributed by atoms with E-state index in [0.29, 0.717) is 5.56 Å². The second kappa shape index (κ2) is 6.20. The van der Waals surface area contributed by atoms with Gasteiger partial charge in [0.05, 0.1) is 6.20 Å². The van der Waals surface area contributed by atoms with E-state index >= 15 is 0 Å². The Labute approximate surface area is 140 Å². The predicted molar refractivity (Wildman–Crippen MR) is 92.8 cm³/mol. The standard InChI is InChI=1S/C18H21N5O/c1-13(22-7-3-2-4-8-22)23-11-18(20-21-23)14-5-6-17-16(9-14)15(12-24)10-19-17/h5-6,9-13,19H,2-4,7-8H2,1H3. The number of aromatic nitrogens is 4. The van der Waals surface area contributed by atoms with Crippen molar-refractivity contribution in [2.75, 3.05) is 13.1 Å². The summed E-state index contributed by atoms with van der Waals surface area (Å²) in [5.41, 5.74) is 3.43. The van der Waals surface area contributed by atoms with Gasteiger partial charge in [-0.25, -0.2) is 4.68 Å². The molecule has 0 spiro atoms. The number of carbonyl (C=O) groups excluding carboxylic acids is 1. The van der Waals surface area contributed by atoms with Crippen molar-refractivity contribution in [2.24, 2.45) is 0 Å². The first-order chi connectivity index (χ1) is 11.8. The fourth-order valence-corrected chi connectivity index (χ4v) is 3.45. The SMILES string of the molecule is CC(N1CCCCC1)n1cc(-c2ccc3[nH]cc(C=O)c3c2)nn1. The Hall–Kier alpha value is -2.47. The fourth-order valence-electron chi connectivity index (χ4n) is 3.45. The number of H-pyrrole nitrogens is 1. The minimum Gasteiger partial charge on any atom is -0.360 e. The molecule has 0 amide bonds. The molecule has 1 unspecified atom stereocenters. The maximum atomic E-state index is 11.1. The third-order valence-corrected chi connectivity index (χ3v) is 4.95. The molecule has 4 rings (SSSR count). The number of piperidine rings is 1. The Balaban J connectivity index is 1.63. The maximum absolute atomic E-state index is 11.1. The summed E-state index contributed by atoms with van der Waals surface area (Å²) in [5, 5.41) is 9.58. The highest BCUT2D eigenvalue weighted by Crippen LogP contribution is 2.26. The molecule has 1 atom stereocenters. The van der Waals surface area contributed by atoms with Gasteiger partial charge in [-0.1, -0.05) is 17.7 Å². The van der Waals surface area contributed by atoms with Gasteiger partial charge in [-0.3, -0.25) is 9.69 Å². The Bertz CT molecular complexity index is 859. The van der Waals surface area contributed by atoms with Crippen LogP contribution in [0.2, 0.25) is 0 Å². The first kappa shape index (κ1) is 15.1. The van der Waals surface area contributed by atoms with Gasteiger partial charge in [0.15, 0.2) is 6.29 Å². The molecule has 0 saturated carbocycles. The summed E-state index contributed by atoms with van der Waals surface area (Å²) in [6, 6.07) is 5.98. The van der Waals surface area contributed by atoms with Gasteiger partial charge in [0.2, 0.25) is 0 Å². The molecule has 6 nitrogen and oxygen atoms in total. The van der Waals surface area contributed by atoms with Crippen molar-refractivity contribution in [3.05, 3.63) is 36.2 Å². The molecule has 3 aromatic rings. The summed E-state index contributed by atoms with van der Waals surface area (Å²) in [6.07, 6.45) is 8.65. The first-order valence-electron chi connectivity index (χ1n) is 8.49. The van der Waals surface area contributed by atoms with Gasteiger partial charge in [-0.05, 0) is 31.9 Å². The summed E-state index contributed by atoms with van der Waals surface area (Å²) in [5.74, 6) is 0. The minimum absolute atomic E-state index is 0.216. The summed E-state index contributed by atoms with van der Waals surface area (Å²) in [4.78, 5) is 16.7. The van der Waals surface area contributed by atoms with Crippen LogP contribution in [0.25, 0.3) is 22.2 Å². The number of nitrogens with zero attached hydrogens (tertiary/aromatic N) is 4. The van der Waals surface area contributed by atoms with Crippen molar-refractivity contribution in [1.29, 1.82) is 0 Å². The molecule has 3 heterocycles. The van der Waals surface area contributed by atoms with Crippen molar-refractivity contribution in [3.63, 3.8) is 0 Å². The maximum Gasteiger partial charge on any atom is 0.152 e. The molecular formula is C18H21N5O. The first-order valence-corrected chi connectivity index (χ1v) is 8.49. The molecule has 1 aliphatic heterocycles. The van der Waals surface area contributed by atoms with Crippen LogP contribution in [0.3, 0.4) is 0 Å². The van der Waals surface area contributed by atoms with Crippen molar-refractivity contribution in [2.45, 2.75) is 32.4 Å². The average molecular weight is 323 g/mol. The number of carbonyl (C=O) groups is 1. The summed E-state index contributed by atoms with van der Waals surface area (Å²) in [7, 11) is 0. The second-order valence-corrected chi connectivity index (χ2v) is 6.43. The number of rotatable bonds is 4. The van der Waals surface area contributed by atoms with E-state index in [-0.39, 0.29) is 6.17 Å². The Morgan fingerprint density at radius 3 is 2.88 bits per heavy atom. The van der Waals surface area contributed by atoms with Crippen LogP contribution >= 0.6 is 0 Å². The molecule has 0 bridgehead atoms. The highest BCUT2D eigenvalue weighted by molar-refractivity contribution is 5.98. The van der Waals surface area contributed by atoms with E-state index in [1.807, 2.05) is 29.1 Å². The number of hydrogen-bond donors (Lipinski definition) is 1. The summed E-state index contributed by atoms with van der Waals surface area (Å²) < 4.78 is 1.93. The molecule has 0 radical (unpaired) electrons. The van der Waals surface area contributed by atoms with Gasteiger partial charge in [-0.15, -0.1) is 5.10 Å². The van der Waals surface area contributed by atoms with E-state index in [9.17, 15) is 4.79 Å². The van der Waals surface area contributed by atoms with Crippen LogP contribution in [0.4, 0.5) is 0 Å². The zero-order valence-corrected chi connectivity index (χ0v) is 13.8. The third-order valence-electron chi connectivity index (χ3n) is 4.95. The number of benzene rings is 1. The van der Waals surface area contributed by atoms with Crippen LogP contribution in [0.15, 0.2) is 30.6 Å². The molecule has 1 aliphatic rings. The molecule has 1 fully saturated rings. The molecule has 6 heteroatoms. The van der Waals surface area contributed by atoms with E-state index in [4.69, 9.17) is 0 Å². The van der Waals surface area contributed by atoms with Crippen molar-refractivity contribution >= 4 is 17.2 Å². The van der Waals surface area contributed by atoms with Crippen molar-refractivity contribution in [1.82, 2.24) is 24.9 Å². The lowest BCUT2D eigenvalue weighted by Crippen LogP contribution is -2.35. The lowest BCUT2D eigenvalue weighted by molar-refractivity contribution is 0.112. The zero-order valence-electron chi connectivity index (χ0n) is 13.8. The smallest absolute Gasteiger partial charge is 0.152 e. The van der Waals surface area contributed by atoms with Gasteiger partial charge in [-0.2, -0.15) is 0 Å². The lowest BCUT2D eigenvalue weighted by Gasteiger charge is -2.31. The van der Waals surface area contributed by atoms with Gasteiger partial charge in [0.25, 0.3) is 0 Å². The van der Waals surface area contributed by atoms with Crippen LogP contribution in [0, 0.1) is 0 Å². The molecule has 1 aromatic carbocycles. The summed E-state index contributed by atoms with van der Waals surface area (Å²) in [6.45, 7) is 4.41. The van der Waals surface area contributed by atoms with Crippen LogP contribution in [-0.4, -0.2) is 44.3 Å². The molecule has 124 valence electrons. The van der Waals surface area contributed by atoms with E-state index in [1.165, 1.54) is 19.3 Å². The Morgan fingerprint density at radius 1 is 1.25 bits per heavy atom. The molecule has 1 N–H and O–H groups in total.